The number of ether oxygens (including phenoxy) is 1. The zero-order chi connectivity index (χ0) is 21.1. The lowest BCUT2D eigenvalue weighted by Gasteiger charge is -2.38. The van der Waals surface area contributed by atoms with Crippen LogP contribution < -0.4 is 4.74 Å². The maximum Gasteiger partial charge on any atom is 0.239 e. The molecule has 0 N–H and O–H groups in total. The van der Waals surface area contributed by atoms with Gasteiger partial charge in [-0.2, -0.15) is 0 Å². The van der Waals surface area contributed by atoms with Crippen molar-refractivity contribution in [1.29, 1.82) is 0 Å². The molecule has 5 nitrogen and oxygen atoms in total. The van der Waals surface area contributed by atoms with Crippen molar-refractivity contribution in [3.8, 4) is 5.75 Å². The van der Waals surface area contributed by atoms with Gasteiger partial charge in [-0.05, 0) is 41.8 Å². The molecule has 0 radical (unpaired) electrons. The second kappa shape index (κ2) is 9.14. The Bertz CT molecular complexity index is 896. The number of piperazine rings is 1. The fraction of sp³-hybridized carbons (Fsp3) is 0.458. The summed E-state index contributed by atoms with van der Waals surface area (Å²) in [5.74, 6) is 0.831. The Hall–Kier alpha value is -2.44. The third kappa shape index (κ3) is 4.82. The van der Waals surface area contributed by atoms with Crippen molar-refractivity contribution in [3.05, 3.63) is 65.0 Å². The Labute approximate surface area is 178 Å². The molecule has 1 saturated heterocycles. The smallest absolute Gasteiger partial charge is 0.239 e. The minimum Gasteiger partial charge on any atom is -0.493 e. The van der Waals surface area contributed by atoms with E-state index in [2.05, 4.69) is 28.0 Å². The number of hydrogen-bond donors (Lipinski definition) is 0. The fourth-order valence-electron chi connectivity index (χ4n) is 4.37. The van der Waals surface area contributed by atoms with Crippen LogP contribution in [0, 0.1) is 5.82 Å². The first-order valence-electron chi connectivity index (χ1n) is 10.7. The first kappa shape index (κ1) is 20.8. The molecular weight excluding hydrogens is 381 g/mol. The number of benzene rings is 2. The quantitative estimate of drug-likeness (QED) is 0.732. The van der Waals surface area contributed by atoms with Crippen LogP contribution in [-0.4, -0.2) is 66.5 Å². The highest BCUT2D eigenvalue weighted by Gasteiger charge is 2.27. The molecule has 0 aromatic heterocycles. The molecule has 0 bridgehead atoms. The van der Waals surface area contributed by atoms with Crippen LogP contribution in [0.15, 0.2) is 42.5 Å². The lowest BCUT2D eigenvalue weighted by molar-refractivity contribution is -0.136. The van der Waals surface area contributed by atoms with E-state index in [1.54, 1.807) is 18.0 Å². The van der Waals surface area contributed by atoms with Crippen molar-refractivity contribution in [1.82, 2.24) is 14.7 Å². The van der Waals surface area contributed by atoms with Crippen molar-refractivity contribution in [3.63, 3.8) is 0 Å². The Balaban J connectivity index is 1.27. The van der Waals surface area contributed by atoms with E-state index in [-0.39, 0.29) is 17.8 Å². The summed E-state index contributed by atoms with van der Waals surface area (Å²) in [6.07, 6.45) is 1.000. The molecule has 6 heteroatoms. The molecule has 2 aromatic carbocycles. The molecule has 160 valence electrons. The standard InChI is InChI=1S/C24H30FN3O2/c1-18(24(29)26(2)16-19-4-3-5-22(25)15-19)28-11-9-27(10-12-28)17-20-6-7-23-21(14-20)8-13-30-23/h3-7,14-15,18H,8-13,16-17H2,1-2H3/t18-/m1/s1. The van der Waals surface area contributed by atoms with Gasteiger partial charge in [-0.1, -0.05) is 24.3 Å². The highest BCUT2D eigenvalue weighted by atomic mass is 19.1. The van der Waals surface area contributed by atoms with Gasteiger partial charge < -0.3 is 9.64 Å². The number of nitrogens with zero attached hydrogens (tertiary/aromatic N) is 3. The second-order valence-electron chi connectivity index (χ2n) is 8.35. The third-order valence-electron chi connectivity index (χ3n) is 6.16. The predicted molar refractivity (Wildman–Crippen MR) is 115 cm³/mol. The van der Waals surface area contributed by atoms with Crippen LogP contribution in [0.2, 0.25) is 0 Å². The average molecular weight is 412 g/mol. The average Bonchev–Trinajstić information content (AvgIpc) is 3.21. The maximum atomic E-state index is 13.4. The number of carbonyl (C=O) groups excluding carboxylic acids is 1. The van der Waals surface area contributed by atoms with E-state index in [0.29, 0.717) is 6.54 Å². The summed E-state index contributed by atoms with van der Waals surface area (Å²) in [5, 5.41) is 0. The first-order chi connectivity index (χ1) is 14.5. The molecule has 2 aromatic rings. The molecule has 0 saturated carbocycles. The number of rotatable bonds is 6. The molecule has 4 rings (SSSR count). The summed E-state index contributed by atoms with van der Waals surface area (Å²) in [7, 11) is 1.79. The van der Waals surface area contributed by atoms with E-state index in [9.17, 15) is 9.18 Å². The molecule has 1 amide bonds. The highest BCUT2D eigenvalue weighted by Crippen LogP contribution is 2.26. The number of likely N-dealkylation sites (N-methyl/N-ethyl adjacent to an activating group) is 1. The Kier molecular flexibility index (Phi) is 6.35. The number of fused-ring (bicyclic) bond motifs is 1. The van der Waals surface area contributed by atoms with Crippen LogP contribution in [0.1, 0.15) is 23.6 Å². The van der Waals surface area contributed by atoms with E-state index in [4.69, 9.17) is 4.74 Å². The number of hydrogen-bond acceptors (Lipinski definition) is 4. The van der Waals surface area contributed by atoms with Crippen molar-refractivity contribution >= 4 is 5.91 Å². The van der Waals surface area contributed by atoms with E-state index >= 15 is 0 Å². The summed E-state index contributed by atoms with van der Waals surface area (Å²) in [4.78, 5) is 19.3. The lowest BCUT2D eigenvalue weighted by Crippen LogP contribution is -2.53. The molecule has 2 aliphatic heterocycles. The van der Waals surface area contributed by atoms with Gasteiger partial charge in [0.2, 0.25) is 5.91 Å². The van der Waals surface area contributed by atoms with Crippen molar-refractivity contribution in [2.75, 3.05) is 39.8 Å². The minimum absolute atomic E-state index is 0.0753. The monoisotopic (exact) mass is 411 g/mol. The van der Waals surface area contributed by atoms with E-state index in [1.165, 1.54) is 23.3 Å². The Morgan fingerprint density at radius 1 is 1.13 bits per heavy atom. The number of amides is 1. The van der Waals surface area contributed by atoms with Crippen LogP contribution in [-0.2, 0) is 24.3 Å². The second-order valence-corrected chi connectivity index (χ2v) is 8.35. The third-order valence-corrected chi connectivity index (χ3v) is 6.16. The minimum atomic E-state index is -0.270. The molecule has 30 heavy (non-hydrogen) atoms. The number of carbonyl (C=O) groups is 1. The maximum absolute atomic E-state index is 13.4. The van der Waals surface area contributed by atoms with Crippen LogP contribution in [0.25, 0.3) is 0 Å². The Morgan fingerprint density at radius 3 is 2.70 bits per heavy atom. The summed E-state index contributed by atoms with van der Waals surface area (Å²) >= 11 is 0. The van der Waals surface area contributed by atoms with E-state index < -0.39 is 0 Å². The molecular formula is C24H30FN3O2. The highest BCUT2D eigenvalue weighted by molar-refractivity contribution is 5.81. The molecule has 1 atom stereocenters. The molecule has 1 fully saturated rings. The fourth-order valence-corrected chi connectivity index (χ4v) is 4.37. The largest absolute Gasteiger partial charge is 0.493 e. The zero-order valence-corrected chi connectivity index (χ0v) is 17.8. The van der Waals surface area contributed by atoms with Crippen molar-refractivity contribution in [2.45, 2.75) is 32.5 Å². The number of halogens is 1. The van der Waals surface area contributed by atoms with Gasteiger partial charge in [-0.15, -0.1) is 0 Å². The molecule has 2 heterocycles. The van der Waals surface area contributed by atoms with Crippen LogP contribution in [0.5, 0.6) is 5.75 Å². The summed E-state index contributed by atoms with van der Waals surface area (Å²) in [6, 6.07) is 12.8. The molecule has 0 unspecified atom stereocenters. The molecule has 0 spiro atoms. The van der Waals surface area contributed by atoms with Crippen LogP contribution in [0.3, 0.4) is 0 Å². The van der Waals surface area contributed by atoms with E-state index in [0.717, 1.165) is 57.1 Å². The lowest BCUT2D eigenvalue weighted by atomic mass is 10.1. The summed E-state index contributed by atoms with van der Waals surface area (Å²) in [6.45, 7) is 7.74. The van der Waals surface area contributed by atoms with Gasteiger partial charge in [0.15, 0.2) is 0 Å². The van der Waals surface area contributed by atoms with Gasteiger partial charge in [0, 0.05) is 52.7 Å². The molecule has 0 aliphatic carbocycles. The van der Waals surface area contributed by atoms with Crippen molar-refractivity contribution in [2.24, 2.45) is 0 Å². The van der Waals surface area contributed by atoms with Gasteiger partial charge in [0.1, 0.15) is 11.6 Å². The van der Waals surface area contributed by atoms with Gasteiger partial charge in [0.25, 0.3) is 0 Å². The summed E-state index contributed by atoms with van der Waals surface area (Å²) < 4.78 is 19.0. The van der Waals surface area contributed by atoms with Gasteiger partial charge in [-0.25, -0.2) is 4.39 Å². The van der Waals surface area contributed by atoms with Gasteiger partial charge >= 0.3 is 0 Å². The molecule has 2 aliphatic rings. The van der Waals surface area contributed by atoms with Crippen molar-refractivity contribution < 1.29 is 13.9 Å². The van der Waals surface area contributed by atoms with Gasteiger partial charge in [-0.3, -0.25) is 14.6 Å². The predicted octanol–water partition coefficient (Wildman–Crippen LogP) is 2.93. The van der Waals surface area contributed by atoms with Crippen LogP contribution >= 0.6 is 0 Å². The van der Waals surface area contributed by atoms with Crippen LogP contribution in [0.4, 0.5) is 4.39 Å². The topological polar surface area (TPSA) is 36.0 Å². The first-order valence-corrected chi connectivity index (χ1v) is 10.7. The SMILES string of the molecule is C[C@H](C(=O)N(C)Cc1cccc(F)c1)N1CCN(Cc2ccc3c(c2)CCO3)CC1. The Morgan fingerprint density at radius 2 is 1.93 bits per heavy atom. The van der Waals surface area contributed by atoms with E-state index in [1.807, 2.05) is 13.0 Å². The normalized spacial score (nSPS) is 18.0. The van der Waals surface area contributed by atoms with Gasteiger partial charge in [0.05, 0.1) is 12.6 Å². The summed E-state index contributed by atoms with van der Waals surface area (Å²) in [5.41, 5.74) is 3.45. The zero-order valence-electron chi connectivity index (χ0n) is 17.8.